The number of hydrogen-bond donors (Lipinski definition) is 1. The smallest absolute Gasteiger partial charge is 0.252 e. The highest BCUT2D eigenvalue weighted by molar-refractivity contribution is 7.91. The summed E-state index contributed by atoms with van der Waals surface area (Å²) in [6.07, 6.45) is 10.6. The standard InChI is InChI=1S/C20H28N4O3S2/c25-19(22-18-11-12-21-24(18)16-7-3-1-4-8-16)15-17-9-10-20(28-17)29(26,27)23-13-5-2-6-14-23/h9-12,16H,1-8,13-15H2,(H,22,25). The highest BCUT2D eigenvalue weighted by atomic mass is 32.2. The third-order valence-corrected chi connectivity index (χ3v) is 9.19. The van der Waals surface area contributed by atoms with Crippen LogP contribution in [0.15, 0.2) is 28.6 Å². The Kier molecular flexibility index (Phi) is 6.36. The van der Waals surface area contributed by atoms with Crippen molar-refractivity contribution in [2.24, 2.45) is 0 Å². The lowest BCUT2D eigenvalue weighted by atomic mass is 9.96. The van der Waals surface area contributed by atoms with Crippen LogP contribution >= 0.6 is 11.3 Å². The van der Waals surface area contributed by atoms with Gasteiger partial charge in [-0.25, -0.2) is 13.1 Å². The van der Waals surface area contributed by atoms with E-state index in [1.165, 1.54) is 30.6 Å². The van der Waals surface area contributed by atoms with E-state index in [4.69, 9.17) is 0 Å². The molecular weight excluding hydrogens is 408 g/mol. The van der Waals surface area contributed by atoms with Crippen LogP contribution in [-0.4, -0.2) is 41.5 Å². The van der Waals surface area contributed by atoms with Crippen molar-refractivity contribution in [1.82, 2.24) is 14.1 Å². The molecule has 0 atom stereocenters. The highest BCUT2D eigenvalue weighted by Crippen LogP contribution is 2.30. The van der Waals surface area contributed by atoms with Crippen molar-refractivity contribution in [3.63, 3.8) is 0 Å². The van der Waals surface area contributed by atoms with Crippen molar-refractivity contribution in [3.05, 3.63) is 29.3 Å². The van der Waals surface area contributed by atoms with Gasteiger partial charge in [0.15, 0.2) is 0 Å². The topological polar surface area (TPSA) is 84.3 Å². The maximum Gasteiger partial charge on any atom is 0.252 e. The van der Waals surface area contributed by atoms with Crippen molar-refractivity contribution >= 4 is 33.1 Å². The number of rotatable bonds is 6. The van der Waals surface area contributed by atoms with Crippen LogP contribution in [0.2, 0.25) is 0 Å². The van der Waals surface area contributed by atoms with Crippen LogP contribution in [0.25, 0.3) is 0 Å². The number of nitrogens with one attached hydrogen (secondary N) is 1. The fourth-order valence-corrected chi connectivity index (χ4v) is 7.23. The van der Waals surface area contributed by atoms with Gasteiger partial charge in [0.1, 0.15) is 10.0 Å². The first-order valence-electron chi connectivity index (χ1n) is 10.5. The van der Waals surface area contributed by atoms with E-state index >= 15 is 0 Å². The molecule has 0 spiro atoms. The summed E-state index contributed by atoms with van der Waals surface area (Å²) in [7, 11) is -3.44. The summed E-state index contributed by atoms with van der Waals surface area (Å²) in [4.78, 5) is 13.3. The van der Waals surface area contributed by atoms with Gasteiger partial charge in [0, 0.05) is 24.0 Å². The number of piperidine rings is 1. The molecule has 2 aliphatic rings. The Balaban J connectivity index is 1.39. The minimum Gasteiger partial charge on any atom is -0.311 e. The lowest BCUT2D eigenvalue weighted by Gasteiger charge is -2.25. The molecule has 0 radical (unpaired) electrons. The molecule has 1 saturated heterocycles. The summed E-state index contributed by atoms with van der Waals surface area (Å²) in [5, 5.41) is 7.36. The normalized spacial score (nSPS) is 19.3. The van der Waals surface area contributed by atoms with Gasteiger partial charge in [0.2, 0.25) is 5.91 Å². The number of carbonyl (C=O) groups is 1. The number of aromatic nitrogens is 2. The second-order valence-electron chi connectivity index (χ2n) is 7.86. The fraction of sp³-hybridized carbons (Fsp3) is 0.600. The Labute approximate surface area is 176 Å². The van der Waals surface area contributed by atoms with Gasteiger partial charge in [-0.1, -0.05) is 25.7 Å². The third-order valence-electron chi connectivity index (χ3n) is 5.74. The molecular formula is C20H28N4O3S2. The van der Waals surface area contributed by atoms with E-state index in [-0.39, 0.29) is 12.3 Å². The fourth-order valence-electron chi connectivity index (χ4n) is 4.20. The molecule has 1 amide bonds. The molecule has 1 aliphatic carbocycles. The van der Waals surface area contributed by atoms with Crippen molar-refractivity contribution in [2.45, 2.75) is 68.0 Å². The molecule has 4 rings (SSSR count). The molecule has 2 fully saturated rings. The third kappa shape index (κ3) is 4.73. The summed E-state index contributed by atoms with van der Waals surface area (Å²) in [5.41, 5.74) is 0. The van der Waals surface area contributed by atoms with E-state index in [9.17, 15) is 13.2 Å². The number of sulfonamides is 1. The van der Waals surface area contributed by atoms with Gasteiger partial charge in [-0.15, -0.1) is 11.3 Å². The SMILES string of the molecule is O=C(Cc1ccc(S(=O)(=O)N2CCCCC2)s1)Nc1ccnn1C1CCCCC1. The number of anilines is 1. The Morgan fingerprint density at radius 3 is 2.55 bits per heavy atom. The van der Waals surface area contributed by atoms with Gasteiger partial charge in [-0.05, 0) is 37.8 Å². The lowest BCUT2D eigenvalue weighted by Crippen LogP contribution is -2.35. The van der Waals surface area contributed by atoms with Gasteiger partial charge < -0.3 is 5.32 Å². The van der Waals surface area contributed by atoms with Crippen LogP contribution in [0, 0.1) is 0 Å². The molecule has 1 saturated carbocycles. The summed E-state index contributed by atoms with van der Waals surface area (Å²) < 4.78 is 29.4. The first-order valence-corrected chi connectivity index (χ1v) is 12.7. The number of hydrogen-bond acceptors (Lipinski definition) is 5. The Bertz CT molecular complexity index is 939. The van der Waals surface area contributed by atoms with Gasteiger partial charge in [0.25, 0.3) is 10.0 Å². The van der Waals surface area contributed by atoms with Crippen molar-refractivity contribution < 1.29 is 13.2 Å². The van der Waals surface area contributed by atoms with Crippen LogP contribution in [0.5, 0.6) is 0 Å². The average Bonchev–Trinajstić information content (AvgIpc) is 3.39. The molecule has 2 aromatic rings. The van der Waals surface area contributed by atoms with E-state index < -0.39 is 10.0 Å². The minimum atomic E-state index is -3.44. The second-order valence-corrected chi connectivity index (χ2v) is 11.2. The molecule has 1 N–H and O–H groups in total. The predicted octanol–water partition coefficient (Wildman–Crippen LogP) is 3.81. The van der Waals surface area contributed by atoms with E-state index in [2.05, 4.69) is 10.4 Å². The summed E-state index contributed by atoms with van der Waals surface area (Å²) in [6, 6.07) is 5.55. The lowest BCUT2D eigenvalue weighted by molar-refractivity contribution is -0.115. The monoisotopic (exact) mass is 436 g/mol. The maximum absolute atomic E-state index is 12.8. The van der Waals surface area contributed by atoms with Gasteiger partial charge >= 0.3 is 0 Å². The van der Waals surface area contributed by atoms with Crippen molar-refractivity contribution in [3.8, 4) is 0 Å². The molecule has 0 bridgehead atoms. The van der Waals surface area contributed by atoms with E-state index in [1.54, 1.807) is 22.6 Å². The van der Waals surface area contributed by atoms with E-state index in [0.29, 0.717) is 23.3 Å². The van der Waals surface area contributed by atoms with Crippen molar-refractivity contribution in [2.75, 3.05) is 18.4 Å². The molecule has 9 heteroatoms. The first kappa shape index (κ1) is 20.6. The average molecular weight is 437 g/mol. The van der Waals surface area contributed by atoms with Crippen LogP contribution in [-0.2, 0) is 21.2 Å². The van der Waals surface area contributed by atoms with Crippen LogP contribution in [0.4, 0.5) is 5.82 Å². The zero-order valence-electron chi connectivity index (χ0n) is 16.5. The van der Waals surface area contributed by atoms with Crippen LogP contribution in [0.3, 0.4) is 0 Å². The zero-order valence-corrected chi connectivity index (χ0v) is 18.2. The second kappa shape index (κ2) is 8.97. The maximum atomic E-state index is 12.8. The molecule has 0 aromatic carbocycles. The summed E-state index contributed by atoms with van der Waals surface area (Å²) >= 11 is 1.19. The quantitative estimate of drug-likeness (QED) is 0.746. The first-order chi connectivity index (χ1) is 14.0. The molecule has 3 heterocycles. The molecule has 0 unspecified atom stereocenters. The molecule has 158 valence electrons. The largest absolute Gasteiger partial charge is 0.311 e. The summed E-state index contributed by atoms with van der Waals surface area (Å²) in [5.74, 6) is 0.575. The highest BCUT2D eigenvalue weighted by Gasteiger charge is 2.27. The van der Waals surface area contributed by atoms with E-state index in [0.717, 1.165) is 42.8 Å². The summed E-state index contributed by atoms with van der Waals surface area (Å²) in [6.45, 7) is 1.17. The number of carbonyl (C=O) groups excluding carboxylic acids is 1. The van der Waals surface area contributed by atoms with Gasteiger partial charge in [-0.2, -0.15) is 9.40 Å². The van der Waals surface area contributed by atoms with Crippen molar-refractivity contribution in [1.29, 1.82) is 0 Å². The molecule has 2 aromatic heterocycles. The van der Waals surface area contributed by atoms with Gasteiger partial charge in [-0.3, -0.25) is 4.79 Å². The molecule has 29 heavy (non-hydrogen) atoms. The zero-order chi connectivity index (χ0) is 20.3. The predicted molar refractivity (Wildman–Crippen MR) is 114 cm³/mol. The molecule has 7 nitrogen and oxygen atoms in total. The molecule has 1 aliphatic heterocycles. The Hall–Kier alpha value is -1.71. The van der Waals surface area contributed by atoms with E-state index in [1.807, 2.05) is 10.7 Å². The number of thiophene rings is 1. The Morgan fingerprint density at radius 1 is 1.07 bits per heavy atom. The van der Waals surface area contributed by atoms with Crippen LogP contribution < -0.4 is 5.32 Å². The number of nitrogens with zero attached hydrogens (tertiary/aromatic N) is 3. The number of amides is 1. The Morgan fingerprint density at radius 2 is 1.79 bits per heavy atom. The minimum absolute atomic E-state index is 0.147. The van der Waals surface area contributed by atoms with Crippen LogP contribution in [0.1, 0.15) is 62.3 Å². The van der Waals surface area contributed by atoms with Gasteiger partial charge in [0.05, 0.1) is 18.7 Å².